The molecule has 0 saturated carbocycles. The zero-order valence-corrected chi connectivity index (χ0v) is 15.6. The molecule has 0 aliphatic heterocycles. The number of unbranched alkanes of at least 4 members (excludes halogenated alkanes) is 1. The maximum absolute atomic E-state index is 12.4. The molecule has 0 fully saturated rings. The quantitative estimate of drug-likeness (QED) is 0.606. The highest BCUT2D eigenvalue weighted by Crippen LogP contribution is 2.27. The van der Waals surface area contributed by atoms with Crippen LogP contribution in [0.2, 0.25) is 0 Å². The minimum Gasteiger partial charge on any atom is -0.356 e. The Morgan fingerprint density at radius 1 is 0.880 bits per heavy atom. The third kappa shape index (κ3) is 6.04. The monoisotopic (exact) mass is 337 g/mol. The Balaban J connectivity index is 1.98. The van der Waals surface area contributed by atoms with Crippen LogP contribution in [0.1, 0.15) is 63.0 Å². The van der Waals surface area contributed by atoms with Gasteiger partial charge in [-0.05, 0) is 30.4 Å². The minimum absolute atomic E-state index is 0.159. The Labute approximate surface area is 152 Å². The van der Waals surface area contributed by atoms with Crippen LogP contribution < -0.4 is 5.32 Å². The summed E-state index contributed by atoms with van der Waals surface area (Å²) in [5.41, 5.74) is 2.61. The first-order chi connectivity index (χ1) is 12.3. The van der Waals surface area contributed by atoms with E-state index in [0.717, 1.165) is 38.6 Å². The van der Waals surface area contributed by atoms with Crippen molar-refractivity contribution in [1.29, 1.82) is 0 Å². The molecule has 2 heteroatoms. The first-order valence-corrected chi connectivity index (χ1v) is 9.63. The SMILES string of the molecule is CCCC[C@H](CC)C(=O)NCCC(c1ccccc1)c1ccccc1. The van der Waals surface area contributed by atoms with Crippen LogP contribution in [0, 0.1) is 5.92 Å². The summed E-state index contributed by atoms with van der Waals surface area (Å²) in [5, 5.41) is 3.17. The third-order valence-corrected chi connectivity index (χ3v) is 4.91. The largest absolute Gasteiger partial charge is 0.356 e. The molecule has 2 aromatic carbocycles. The smallest absolute Gasteiger partial charge is 0.223 e. The van der Waals surface area contributed by atoms with Crippen LogP contribution in [0.4, 0.5) is 0 Å². The summed E-state index contributed by atoms with van der Waals surface area (Å²) in [6.07, 6.45) is 5.12. The molecular weight excluding hydrogens is 306 g/mol. The molecule has 134 valence electrons. The van der Waals surface area contributed by atoms with E-state index in [4.69, 9.17) is 0 Å². The van der Waals surface area contributed by atoms with Crippen LogP contribution in [0.15, 0.2) is 60.7 Å². The van der Waals surface area contributed by atoms with Crippen molar-refractivity contribution in [3.05, 3.63) is 71.8 Å². The van der Waals surface area contributed by atoms with Crippen molar-refractivity contribution < 1.29 is 4.79 Å². The molecule has 2 nitrogen and oxygen atoms in total. The first-order valence-electron chi connectivity index (χ1n) is 9.63. The van der Waals surface area contributed by atoms with Gasteiger partial charge in [0.15, 0.2) is 0 Å². The Morgan fingerprint density at radius 2 is 1.44 bits per heavy atom. The molecule has 0 radical (unpaired) electrons. The average molecular weight is 338 g/mol. The lowest BCUT2D eigenvalue weighted by Gasteiger charge is -2.20. The van der Waals surface area contributed by atoms with E-state index in [1.54, 1.807) is 0 Å². The first kappa shape index (κ1) is 19.2. The Hall–Kier alpha value is -2.09. The fourth-order valence-electron chi connectivity index (χ4n) is 3.35. The van der Waals surface area contributed by atoms with Crippen LogP contribution in [0.25, 0.3) is 0 Å². The lowest BCUT2D eigenvalue weighted by Crippen LogP contribution is -2.32. The van der Waals surface area contributed by atoms with Crippen LogP contribution in [0.3, 0.4) is 0 Å². The highest BCUT2D eigenvalue weighted by atomic mass is 16.1. The molecule has 1 N–H and O–H groups in total. The zero-order chi connectivity index (χ0) is 17.9. The van der Waals surface area contributed by atoms with Crippen molar-refractivity contribution >= 4 is 5.91 Å². The van der Waals surface area contributed by atoms with E-state index in [2.05, 4.69) is 67.7 Å². The van der Waals surface area contributed by atoms with Gasteiger partial charge in [-0.15, -0.1) is 0 Å². The number of hydrogen-bond donors (Lipinski definition) is 1. The van der Waals surface area contributed by atoms with E-state index in [9.17, 15) is 4.79 Å². The number of carbonyl (C=O) groups excluding carboxylic acids is 1. The molecule has 0 unspecified atom stereocenters. The summed E-state index contributed by atoms with van der Waals surface area (Å²) in [6.45, 7) is 5.00. The maximum atomic E-state index is 12.4. The number of carbonyl (C=O) groups is 1. The molecule has 0 spiro atoms. The van der Waals surface area contributed by atoms with Gasteiger partial charge in [0.25, 0.3) is 0 Å². The van der Waals surface area contributed by atoms with Crippen molar-refractivity contribution in [2.45, 2.75) is 51.9 Å². The number of benzene rings is 2. The van der Waals surface area contributed by atoms with Gasteiger partial charge in [0, 0.05) is 18.4 Å². The minimum atomic E-state index is 0.159. The van der Waals surface area contributed by atoms with Crippen LogP contribution in [-0.2, 0) is 4.79 Å². The highest BCUT2D eigenvalue weighted by molar-refractivity contribution is 5.78. The number of nitrogens with one attached hydrogen (secondary N) is 1. The molecule has 0 aliphatic rings. The Bertz CT molecular complexity index is 569. The molecule has 2 aromatic rings. The molecule has 0 saturated heterocycles. The second-order valence-corrected chi connectivity index (χ2v) is 6.70. The molecule has 0 heterocycles. The maximum Gasteiger partial charge on any atom is 0.223 e. The van der Waals surface area contributed by atoms with Gasteiger partial charge in [-0.2, -0.15) is 0 Å². The van der Waals surface area contributed by atoms with E-state index in [0.29, 0.717) is 5.92 Å². The summed E-state index contributed by atoms with van der Waals surface area (Å²) in [6, 6.07) is 21.1. The van der Waals surface area contributed by atoms with E-state index < -0.39 is 0 Å². The molecule has 0 aromatic heterocycles. The standard InChI is InChI=1S/C23H31NO/c1-3-5-12-19(4-2)23(25)24-18-17-22(20-13-8-6-9-14-20)21-15-10-7-11-16-21/h6-11,13-16,19,22H,3-5,12,17-18H2,1-2H3,(H,24,25)/t19-/m0/s1. The van der Waals surface area contributed by atoms with Gasteiger partial charge in [-0.1, -0.05) is 87.4 Å². The Morgan fingerprint density at radius 3 is 1.92 bits per heavy atom. The number of amides is 1. The van der Waals surface area contributed by atoms with Gasteiger partial charge < -0.3 is 5.32 Å². The molecule has 2 rings (SSSR count). The molecule has 25 heavy (non-hydrogen) atoms. The van der Waals surface area contributed by atoms with Gasteiger partial charge >= 0.3 is 0 Å². The topological polar surface area (TPSA) is 29.1 Å². The van der Waals surface area contributed by atoms with Crippen molar-refractivity contribution in [2.75, 3.05) is 6.54 Å². The zero-order valence-electron chi connectivity index (χ0n) is 15.6. The van der Waals surface area contributed by atoms with E-state index in [-0.39, 0.29) is 11.8 Å². The van der Waals surface area contributed by atoms with Crippen molar-refractivity contribution in [3.63, 3.8) is 0 Å². The van der Waals surface area contributed by atoms with Crippen molar-refractivity contribution in [2.24, 2.45) is 5.92 Å². The van der Waals surface area contributed by atoms with Gasteiger partial charge in [-0.25, -0.2) is 0 Å². The summed E-state index contributed by atoms with van der Waals surface area (Å²) < 4.78 is 0. The van der Waals surface area contributed by atoms with E-state index >= 15 is 0 Å². The molecule has 0 bridgehead atoms. The van der Waals surface area contributed by atoms with Crippen LogP contribution in [0.5, 0.6) is 0 Å². The molecule has 0 aliphatic carbocycles. The fraction of sp³-hybridized carbons (Fsp3) is 0.435. The molecule has 1 atom stereocenters. The average Bonchev–Trinajstić information content (AvgIpc) is 2.67. The fourth-order valence-corrected chi connectivity index (χ4v) is 3.35. The lowest BCUT2D eigenvalue weighted by molar-refractivity contribution is -0.125. The molecular formula is C23H31NO. The predicted molar refractivity (Wildman–Crippen MR) is 106 cm³/mol. The van der Waals surface area contributed by atoms with Gasteiger partial charge in [0.1, 0.15) is 0 Å². The van der Waals surface area contributed by atoms with E-state index in [1.165, 1.54) is 11.1 Å². The second-order valence-electron chi connectivity index (χ2n) is 6.70. The van der Waals surface area contributed by atoms with E-state index in [1.807, 2.05) is 12.1 Å². The predicted octanol–water partition coefficient (Wildman–Crippen LogP) is 5.54. The highest BCUT2D eigenvalue weighted by Gasteiger charge is 2.17. The summed E-state index contributed by atoms with van der Waals surface area (Å²) in [4.78, 5) is 12.4. The summed E-state index contributed by atoms with van der Waals surface area (Å²) in [5.74, 6) is 0.695. The summed E-state index contributed by atoms with van der Waals surface area (Å²) >= 11 is 0. The second kappa shape index (κ2) is 10.7. The van der Waals surface area contributed by atoms with Crippen LogP contribution >= 0.6 is 0 Å². The molecule has 1 amide bonds. The Kier molecular flexibility index (Phi) is 8.24. The third-order valence-electron chi connectivity index (χ3n) is 4.91. The van der Waals surface area contributed by atoms with Gasteiger partial charge in [-0.3, -0.25) is 4.79 Å². The van der Waals surface area contributed by atoms with Gasteiger partial charge in [0.05, 0.1) is 0 Å². The number of rotatable bonds is 10. The normalized spacial score (nSPS) is 12.1. The number of hydrogen-bond acceptors (Lipinski definition) is 1. The van der Waals surface area contributed by atoms with Crippen molar-refractivity contribution in [1.82, 2.24) is 5.32 Å². The lowest BCUT2D eigenvalue weighted by atomic mass is 9.88. The van der Waals surface area contributed by atoms with Crippen LogP contribution in [-0.4, -0.2) is 12.5 Å². The van der Waals surface area contributed by atoms with Gasteiger partial charge in [0.2, 0.25) is 5.91 Å². The summed E-state index contributed by atoms with van der Waals surface area (Å²) in [7, 11) is 0. The van der Waals surface area contributed by atoms with Crippen molar-refractivity contribution in [3.8, 4) is 0 Å².